The highest BCUT2D eigenvalue weighted by atomic mass is 16.1. The molecule has 0 saturated heterocycles. The van der Waals surface area contributed by atoms with Crippen LogP contribution in [-0.4, -0.2) is 18.5 Å². The Kier molecular flexibility index (Phi) is 4.48. The second-order valence-electron chi connectivity index (χ2n) is 7.07. The van der Waals surface area contributed by atoms with E-state index in [-0.39, 0.29) is 17.4 Å². The number of carbonyl (C=O) groups is 1. The second kappa shape index (κ2) is 5.96. The van der Waals surface area contributed by atoms with Gasteiger partial charge in [0.2, 0.25) is 0 Å². The van der Waals surface area contributed by atoms with E-state index >= 15 is 0 Å². The average Bonchev–Trinajstić information content (AvgIpc) is 2.80. The van der Waals surface area contributed by atoms with Crippen molar-refractivity contribution in [2.45, 2.75) is 52.5 Å². The fourth-order valence-corrected chi connectivity index (χ4v) is 2.90. The molecule has 1 aliphatic carbocycles. The summed E-state index contributed by atoms with van der Waals surface area (Å²) in [7, 11) is 0. The lowest BCUT2D eigenvalue weighted by Crippen LogP contribution is -2.39. The van der Waals surface area contributed by atoms with Gasteiger partial charge >= 0.3 is 0 Å². The van der Waals surface area contributed by atoms with Crippen molar-refractivity contribution in [3.8, 4) is 0 Å². The van der Waals surface area contributed by atoms with Gasteiger partial charge in [-0.1, -0.05) is 26.8 Å². The molecule has 3 nitrogen and oxygen atoms in total. The van der Waals surface area contributed by atoms with Gasteiger partial charge in [-0.05, 0) is 54.4 Å². The summed E-state index contributed by atoms with van der Waals surface area (Å²) in [6, 6.07) is 6.06. The minimum atomic E-state index is -0.0101. The number of carbonyl (C=O) groups excluding carboxylic acids is 1. The van der Waals surface area contributed by atoms with Crippen molar-refractivity contribution in [3.05, 3.63) is 34.9 Å². The van der Waals surface area contributed by atoms with E-state index in [4.69, 9.17) is 5.73 Å². The molecule has 110 valence electrons. The molecular formula is C17H26N2O. The Bertz CT molecular complexity index is 488. The van der Waals surface area contributed by atoms with Crippen LogP contribution in [0.1, 0.15) is 55.1 Å². The summed E-state index contributed by atoms with van der Waals surface area (Å²) in [5.41, 5.74) is 9.74. The molecule has 1 aromatic carbocycles. The van der Waals surface area contributed by atoms with Crippen LogP contribution in [0.15, 0.2) is 18.2 Å². The molecule has 1 atom stereocenters. The number of nitrogens with one attached hydrogen (secondary N) is 1. The van der Waals surface area contributed by atoms with Gasteiger partial charge in [0.15, 0.2) is 0 Å². The Hall–Kier alpha value is -1.35. The number of amides is 1. The third-order valence-electron chi connectivity index (χ3n) is 3.76. The summed E-state index contributed by atoms with van der Waals surface area (Å²) in [6.45, 7) is 7.02. The first kappa shape index (κ1) is 15.0. The van der Waals surface area contributed by atoms with Crippen molar-refractivity contribution in [2.75, 3.05) is 6.54 Å². The molecule has 3 heteroatoms. The number of nitrogens with two attached hydrogens (primary N) is 1. The van der Waals surface area contributed by atoms with Crippen molar-refractivity contribution in [1.29, 1.82) is 0 Å². The highest BCUT2D eigenvalue weighted by Gasteiger charge is 2.17. The topological polar surface area (TPSA) is 55.1 Å². The zero-order valence-electron chi connectivity index (χ0n) is 12.8. The zero-order valence-corrected chi connectivity index (χ0v) is 12.8. The quantitative estimate of drug-likeness (QED) is 0.887. The van der Waals surface area contributed by atoms with Gasteiger partial charge in [-0.25, -0.2) is 0 Å². The zero-order chi connectivity index (χ0) is 14.8. The van der Waals surface area contributed by atoms with E-state index < -0.39 is 0 Å². The Balaban J connectivity index is 1.89. The van der Waals surface area contributed by atoms with E-state index in [0.29, 0.717) is 6.54 Å². The molecule has 3 N–H and O–H groups in total. The van der Waals surface area contributed by atoms with Crippen LogP contribution in [0.4, 0.5) is 0 Å². The molecule has 0 saturated carbocycles. The molecule has 0 radical (unpaired) electrons. The summed E-state index contributed by atoms with van der Waals surface area (Å²) < 4.78 is 0. The highest BCUT2D eigenvalue weighted by Crippen LogP contribution is 2.23. The van der Waals surface area contributed by atoms with Crippen LogP contribution >= 0.6 is 0 Å². The lowest BCUT2D eigenvalue weighted by molar-refractivity contribution is 0.0948. The summed E-state index contributed by atoms with van der Waals surface area (Å²) in [5.74, 6) is -0.0101. The van der Waals surface area contributed by atoms with Gasteiger partial charge < -0.3 is 11.1 Å². The Morgan fingerprint density at radius 2 is 2.00 bits per heavy atom. The molecule has 0 spiro atoms. The number of aryl methyl sites for hydroxylation is 2. The minimum Gasteiger partial charge on any atom is -0.350 e. The first-order valence-electron chi connectivity index (χ1n) is 7.51. The minimum absolute atomic E-state index is 0.00776. The first-order chi connectivity index (χ1) is 9.35. The molecule has 2 rings (SSSR count). The van der Waals surface area contributed by atoms with E-state index in [1.807, 2.05) is 12.1 Å². The predicted octanol–water partition coefficient (Wildman–Crippen LogP) is 2.67. The molecule has 20 heavy (non-hydrogen) atoms. The number of hydrogen-bond acceptors (Lipinski definition) is 2. The van der Waals surface area contributed by atoms with Gasteiger partial charge in [-0.3, -0.25) is 4.79 Å². The van der Waals surface area contributed by atoms with Gasteiger partial charge in [0.05, 0.1) is 0 Å². The predicted molar refractivity (Wildman–Crippen MR) is 82.8 cm³/mol. The number of fused-ring (bicyclic) bond motifs is 1. The summed E-state index contributed by atoms with van der Waals surface area (Å²) in [5, 5.41) is 2.95. The third kappa shape index (κ3) is 4.07. The van der Waals surface area contributed by atoms with Crippen molar-refractivity contribution in [1.82, 2.24) is 5.32 Å². The maximum atomic E-state index is 12.1. The largest absolute Gasteiger partial charge is 0.350 e. The van der Waals surface area contributed by atoms with Crippen molar-refractivity contribution in [2.24, 2.45) is 11.1 Å². The van der Waals surface area contributed by atoms with Gasteiger partial charge in [-0.2, -0.15) is 0 Å². The lowest BCUT2D eigenvalue weighted by Gasteiger charge is -2.23. The number of rotatable bonds is 4. The Labute approximate surface area is 121 Å². The van der Waals surface area contributed by atoms with E-state index in [1.54, 1.807) is 0 Å². The molecule has 1 aromatic rings. The first-order valence-corrected chi connectivity index (χ1v) is 7.51. The van der Waals surface area contributed by atoms with Crippen molar-refractivity contribution < 1.29 is 4.79 Å². The molecule has 1 aliphatic rings. The summed E-state index contributed by atoms with van der Waals surface area (Å²) in [6.07, 6.45) is 4.35. The third-order valence-corrected chi connectivity index (χ3v) is 3.76. The molecule has 1 amide bonds. The maximum absolute atomic E-state index is 12.1. The Morgan fingerprint density at radius 1 is 1.30 bits per heavy atom. The van der Waals surface area contributed by atoms with E-state index in [9.17, 15) is 4.79 Å². The van der Waals surface area contributed by atoms with E-state index in [0.717, 1.165) is 24.8 Å². The Morgan fingerprint density at radius 3 is 2.70 bits per heavy atom. The molecule has 1 unspecified atom stereocenters. The number of hydrogen-bond donors (Lipinski definition) is 2. The van der Waals surface area contributed by atoms with Crippen LogP contribution in [0.2, 0.25) is 0 Å². The van der Waals surface area contributed by atoms with Gasteiger partial charge in [0.1, 0.15) is 0 Å². The maximum Gasteiger partial charge on any atom is 0.251 e. The molecule has 0 fully saturated rings. The van der Waals surface area contributed by atoms with Crippen molar-refractivity contribution >= 4 is 5.91 Å². The van der Waals surface area contributed by atoms with Crippen LogP contribution in [-0.2, 0) is 12.8 Å². The standard InChI is InChI=1S/C17H26N2O/c1-17(2,3)10-15(18)11-19-16(20)14-8-7-12-5-4-6-13(12)9-14/h7-9,15H,4-6,10-11,18H2,1-3H3,(H,19,20). The van der Waals surface area contributed by atoms with Crippen LogP contribution in [0.25, 0.3) is 0 Å². The fourth-order valence-electron chi connectivity index (χ4n) is 2.90. The van der Waals surface area contributed by atoms with E-state index in [2.05, 4.69) is 32.2 Å². The normalized spacial score (nSPS) is 15.8. The highest BCUT2D eigenvalue weighted by molar-refractivity contribution is 5.94. The van der Waals surface area contributed by atoms with E-state index in [1.165, 1.54) is 17.5 Å². The number of benzene rings is 1. The van der Waals surface area contributed by atoms with Gasteiger partial charge in [0.25, 0.3) is 5.91 Å². The van der Waals surface area contributed by atoms with Crippen molar-refractivity contribution in [3.63, 3.8) is 0 Å². The smallest absolute Gasteiger partial charge is 0.251 e. The lowest BCUT2D eigenvalue weighted by atomic mass is 9.88. The summed E-state index contributed by atoms with van der Waals surface area (Å²) >= 11 is 0. The van der Waals surface area contributed by atoms with Crippen LogP contribution in [0, 0.1) is 5.41 Å². The van der Waals surface area contributed by atoms with Gasteiger partial charge in [-0.15, -0.1) is 0 Å². The average molecular weight is 274 g/mol. The SMILES string of the molecule is CC(C)(C)CC(N)CNC(=O)c1ccc2c(c1)CCC2. The van der Waals surface area contributed by atoms with Crippen LogP contribution in [0.5, 0.6) is 0 Å². The van der Waals surface area contributed by atoms with Gasteiger partial charge in [0, 0.05) is 18.2 Å². The molecule has 0 bridgehead atoms. The monoisotopic (exact) mass is 274 g/mol. The van der Waals surface area contributed by atoms with Crippen LogP contribution < -0.4 is 11.1 Å². The molecular weight excluding hydrogens is 248 g/mol. The molecule has 0 aromatic heterocycles. The fraction of sp³-hybridized carbons (Fsp3) is 0.588. The summed E-state index contributed by atoms with van der Waals surface area (Å²) in [4.78, 5) is 12.1. The second-order valence-corrected chi connectivity index (χ2v) is 7.07. The molecule has 0 aliphatic heterocycles. The van der Waals surface area contributed by atoms with Crippen LogP contribution in [0.3, 0.4) is 0 Å². The molecule has 0 heterocycles.